The topological polar surface area (TPSA) is 95.9 Å². The predicted octanol–water partition coefficient (Wildman–Crippen LogP) is 1.72. The summed E-state index contributed by atoms with van der Waals surface area (Å²) in [4.78, 5) is 0. The molecule has 3 rings (SSSR count). The maximum Gasteiger partial charge on any atom is 0.486 e. The molecular formula is C14H29BBrClNO4. The van der Waals surface area contributed by atoms with E-state index in [0.29, 0.717) is 13.6 Å². The monoisotopic (exact) mass is 400 g/mol. The van der Waals surface area contributed by atoms with Gasteiger partial charge in [0.05, 0.1) is 17.4 Å². The van der Waals surface area contributed by atoms with Crippen molar-refractivity contribution in [2.75, 3.05) is 5.33 Å². The molecular weight excluding hydrogens is 372 g/mol. The molecule has 2 bridgehead atoms. The third-order valence-corrected chi connectivity index (χ3v) is 5.92. The second kappa shape index (κ2) is 8.65. The highest BCUT2D eigenvalue weighted by molar-refractivity contribution is 9.09. The average Bonchev–Trinajstić information content (AvgIpc) is 2.40. The van der Waals surface area contributed by atoms with Crippen LogP contribution in [0.3, 0.4) is 0 Å². The third-order valence-electron chi connectivity index (χ3n) is 5.36. The molecule has 3 saturated carbocycles. The zero-order chi connectivity index (χ0) is 16.3. The molecule has 0 saturated heterocycles. The van der Waals surface area contributed by atoms with Crippen molar-refractivity contribution in [1.82, 2.24) is 0 Å². The van der Waals surface area contributed by atoms with Crippen molar-refractivity contribution in [3.63, 3.8) is 0 Å². The van der Waals surface area contributed by atoms with E-state index >= 15 is 0 Å². The molecule has 5 N–H and O–H groups in total. The Morgan fingerprint density at radius 3 is 2.32 bits per heavy atom. The summed E-state index contributed by atoms with van der Waals surface area (Å²) in [5.74, 6) is 0.614. The fourth-order valence-electron chi connectivity index (χ4n) is 3.54. The molecule has 1 radical (unpaired) electrons. The lowest BCUT2D eigenvalue weighted by Gasteiger charge is -2.68. The molecule has 0 aromatic rings. The van der Waals surface area contributed by atoms with Gasteiger partial charge >= 0.3 is 7.69 Å². The van der Waals surface area contributed by atoms with Crippen molar-refractivity contribution in [3.8, 4) is 0 Å². The molecule has 3 aliphatic carbocycles. The second-order valence-electron chi connectivity index (χ2n) is 6.91. The lowest BCUT2D eigenvalue weighted by Crippen LogP contribution is -2.74. The van der Waals surface area contributed by atoms with Crippen LogP contribution in [0.5, 0.6) is 0 Å². The van der Waals surface area contributed by atoms with E-state index in [1.165, 1.54) is 0 Å². The summed E-state index contributed by atoms with van der Waals surface area (Å²) in [6.07, 6.45) is 3.93. The van der Waals surface area contributed by atoms with E-state index in [1.807, 2.05) is 0 Å². The number of aliphatic hydroxyl groups is 2. The van der Waals surface area contributed by atoms with Crippen molar-refractivity contribution >= 4 is 36.0 Å². The van der Waals surface area contributed by atoms with Gasteiger partial charge in [0, 0.05) is 5.33 Å². The first kappa shape index (κ1) is 22.6. The summed E-state index contributed by atoms with van der Waals surface area (Å²) >= 11 is 3.25. The van der Waals surface area contributed by atoms with E-state index in [2.05, 4.69) is 34.4 Å². The summed E-state index contributed by atoms with van der Waals surface area (Å²) in [6.45, 7) is 5.90. The summed E-state index contributed by atoms with van der Waals surface area (Å²) in [5, 5.41) is 29.3. The Bertz CT molecular complexity index is 339. The van der Waals surface area contributed by atoms with Crippen LogP contribution in [0.1, 0.15) is 52.9 Å². The van der Waals surface area contributed by atoms with Gasteiger partial charge in [0.2, 0.25) is 0 Å². The van der Waals surface area contributed by atoms with Crippen molar-refractivity contribution < 1.29 is 19.9 Å². The molecule has 5 nitrogen and oxygen atoms in total. The highest BCUT2D eigenvalue weighted by atomic mass is 79.9. The Balaban J connectivity index is 0.000000402. The van der Waals surface area contributed by atoms with Gasteiger partial charge in [-0.2, -0.15) is 0 Å². The van der Waals surface area contributed by atoms with Crippen molar-refractivity contribution in [3.05, 3.63) is 0 Å². The SMILES string of the molecule is CC1(O)CCC2CC1(O)C2(C)C.Cl.NC(CCCBr)O[B]O. The second-order valence-corrected chi connectivity index (χ2v) is 7.70. The number of fused-ring (bicyclic) bond motifs is 2. The molecule has 4 atom stereocenters. The van der Waals surface area contributed by atoms with Crippen LogP contribution in [0.15, 0.2) is 0 Å². The van der Waals surface area contributed by atoms with E-state index in [0.717, 1.165) is 37.4 Å². The summed E-state index contributed by atoms with van der Waals surface area (Å²) in [6, 6.07) is 0. The maximum absolute atomic E-state index is 10.2. The van der Waals surface area contributed by atoms with E-state index in [1.54, 1.807) is 6.92 Å². The van der Waals surface area contributed by atoms with Gasteiger partial charge in [-0.3, -0.25) is 0 Å². The van der Waals surface area contributed by atoms with E-state index < -0.39 is 11.2 Å². The molecule has 3 fully saturated rings. The van der Waals surface area contributed by atoms with Crippen LogP contribution in [0.2, 0.25) is 0 Å². The molecule has 0 aromatic carbocycles. The lowest BCUT2D eigenvalue weighted by atomic mass is 9.41. The molecule has 8 heteroatoms. The van der Waals surface area contributed by atoms with Crippen LogP contribution in [0.25, 0.3) is 0 Å². The summed E-state index contributed by atoms with van der Waals surface area (Å²) < 4.78 is 4.53. The number of nitrogens with two attached hydrogens (primary N) is 1. The standard InChI is InChI=1S/C10H18O2.C4H10BBrNO2.ClH/c1-8(2)7-4-5-9(3,11)10(8,12)6-7;6-3-1-2-4(7)9-5-8;/h7,11-12H,4-6H2,1-3H3;4,8H,1-3,7H2;1H. The van der Waals surface area contributed by atoms with Gasteiger partial charge in [0.1, 0.15) is 0 Å². The van der Waals surface area contributed by atoms with Gasteiger partial charge in [0.25, 0.3) is 0 Å². The van der Waals surface area contributed by atoms with E-state index in [9.17, 15) is 10.2 Å². The molecule has 0 amide bonds. The number of hydrogen-bond donors (Lipinski definition) is 4. The molecule has 0 spiro atoms. The minimum absolute atomic E-state index is 0. The Labute approximate surface area is 148 Å². The Morgan fingerprint density at radius 2 is 1.95 bits per heavy atom. The molecule has 3 aliphatic rings. The van der Waals surface area contributed by atoms with Gasteiger partial charge in [-0.25, -0.2) is 0 Å². The first-order chi connectivity index (χ1) is 9.62. The van der Waals surface area contributed by atoms with Gasteiger partial charge in [-0.1, -0.05) is 29.8 Å². The Hall–Kier alpha value is 0.635. The van der Waals surface area contributed by atoms with Crippen LogP contribution < -0.4 is 5.73 Å². The highest BCUT2D eigenvalue weighted by Crippen LogP contribution is 2.65. The van der Waals surface area contributed by atoms with Crippen molar-refractivity contribution in [2.45, 2.75) is 70.3 Å². The minimum atomic E-state index is -0.870. The van der Waals surface area contributed by atoms with Crippen LogP contribution in [0, 0.1) is 11.3 Å². The Kier molecular flexibility index (Phi) is 8.90. The predicted molar refractivity (Wildman–Crippen MR) is 94.0 cm³/mol. The molecule has 131 valence electrons. The zero-order valence-electron chi connectivity index (χ0n) is 13.6. The fourth-order valence-corrected chi connectivity index (χ4v) is 3.87. The normalized spacial score (nSPS) is 36.1. The van der Waals surface area contributed by atoms with Gasteiger partial charge < -0.3 is 25.6 Å². The van der Waals surface area contributed by atoms with Crippen LogP contribution in [0.4, 0.5) is 0 Å². The molecule has 0 heterocycles. The van der Waals surface area contributed by atoms with Gasteiger partial charge in [-0.15, -0.1) is 12.4 Å². The third kappa shape index (κ3) is 4.38. The Morgan fingerprint density at radius 1 is 1.36 bits per heavy atom. The first-order valence-corrected chi connectivity index (χ1v) is 8.62. The fraction of sp³-hybridized carbons (Fsp3) is 1.00. The number of alkyl halides is 1. The number of rotatable bonds is 5. The summed E-state index contributed by atoms with van der Waals surface area (Å²) in [5.41, 5.74) is 3.55. The average molecular weight is 402 g/mol. The van der Waals surface area contributed by atoms with Crippen LogP contribution in [-0.2, 0) is 4.65 Å². The lowest BCUT2D eigenvalue weighted by molar-refractivity contribution is -0.312. The molecule has 22 heavy (non-hydrogen) atoms. The van der Waals surface area contributed by atoms with Gasteiger partial charge in [0.15, 0.2) is 0 Å². The summed E-state index contributed by atoms with van der Waals surface area (Å²) in [7, 11) is 0.624. The first-order valence-electron chi connectivity index (χ1n) is 7.50. The number of halogens is 2. The van der Waals surface area contributed by atoms with Crippen molar-refractivity contribution in [2.24, 2.45) is 17.1 Å². The van der Waals surface area contributed by atoms with E-state index in [4.69, 9.17) is 10.8 Å². The van der Waals surface area contributed by atoms with Gasteiger partial charge in [-0.05, 0) is 50.4 Å². The largest absolute Gasteiger partial charge is 0.486 e. The quantitative estimate of drug-likeness (QED) is 0.320. The minimum Gasteiger partial charge on any atom is -0.429 e. The van der Waals surface area contributed by atoms with Crippen LogP contribution >= 0.6 is 28.3 Å². The number of hydrogen-bond acceptors (Lipinski definition) is 5. The smallest absolute Gasteiger partial charge is 0.429 e. The highest BCUT2D eigenvalue weighted by Gasteiger charge is 2.69. The zero-order valence-corrected chi connectivity index (χ0v) is 16.0. The van der Waals surface area contributed by atoms with E-state index in [-0.39, 0.29) is 24.0 Å². The van der Waals surface area contributed by atoms with Crippen molar-refractivity contribution in [1.29, 1.82) is 0 Å². The molecule has 0 aliphatic heterocycles. The maximum atomic E-state index is 10.2. The molecule has 4 unspecified atom stereocenters. The molecule has 0 aromatic heterocycles. The van der Waals surface area contributed by atoms with Crippen LogP contribution in [-0.4, -0.2) is 45.7 Å².